The van der Waals surface area contributed by atoms with Crippen LogP contribution in [0.5, 0.6) is 0 Å². The van der Waals surface area contributed by atoms with Crippen LogP contribution in [-0.4, -0.2) is 42.1 Å². The molecule has 2 aliphatic rings. The number of alkyl halides is 7. The zero-order valence-electron chi connectivity index (χ0n) is 17.3. The van der Waals surface area contributed by atoms with Gasteiger partial charge in [0.2, 0.25) is 0 Å². The Kier molecular flexibility index (Phi) is 5.58. The first kappa shape index (κ1) is 23.7. The number of hydrogen-bond acceptors (Lipinski definition) is 4. The van der Waals surface area contributed by atoms with E-state index in [1.165, 1.54) is 17.8 Å². The lowest BCUT2D eigenvalue weighted by Gasteiger charge is -2.46. The summed E-state index contributed by atoms with van der Waals surface area (Å²) in [7, 11) is 0. The molecule has 0 bridgehead atoms. The summed E-state index contributed by atoms with van der Waals surface area (Å²) in [6.07, 6.45) is -2.53. The average Bonchev–Trinajstić information content (AvgIpc) is 3.17. The first-order valence-corrected chi connectivity index (χ1v) is 11.0. The van der Waals surface area contributed by atoms with E-state index in [2.05, 4.69) is 10.3 Å². The van der Waals surface area contributed by atoms with Gasteiger partial charge in [-0.2, -0.15) is 30.7 Å². The second-order valence-electron chi connectivity index (χ2n) is 8.04. The molecule has 178 valence electrons. The molecule has 1 aliphatic heterocycles. The first-order valence-electron chi connectivity index (χ1n) is 9.81. The molecule has 1 aliphatic carbocycles. The normalized spacial score (nSPS) is 23.1. The standard InChI is InChI=1S/C21H18F7N3OS/c1-10-13(21(26,27)28)7-29-17(31-8-14-15(9-31)20(24,25)19(14,22)23)16(10)18(32)30-11-4-3-5-12(6-11)33-2/h3-7,14-15H,8-9H2,1-2H3,(H,30,32). The zero-order chi connectivity index (χ0) is 24.3. The summed E-state index contributed by atoms with van der Waals surface area (Å²) < 4.78 is 95.8. The van der Waals surface area contributed by atoms with Crippen molar-refractivity contribution in [3.63, 3.8) is 0 Å². The number of benzene rings is 1. The summed E-state index contributed by atoms with van der Waals surface area (Å²) in [6, 6.07) is 6.55. The quantitative estimate of drug-likeness (QED) is 0.437. The predicted octanol–water partition coefficient (Wildman–Crippen LogP) is 5.72. The van der Waals surface area contributed by atoms with Gasteiger partial charge in [0.15, 0.2) is 0 Å². The topological polar surface area (TPSA) is 45.2 Å². The average molecular weight is 493 g/mol. The maximum absolute atomic E-state index is 13.9. The van der Waals surface area contributed by atoms with Crippen molar-refractivity contribution in [2.75, 3.05) is 29.6 Å². The van der Waals surface area contributed by atoms with E-state index in [0.29, 0.717) is 11.9 Å². The molecule has 33 heavy (non-hydrogen) atoms. The minimum absolute atomic E-state index is 0.300. The molecule has 2 atom stereocenters. The third-order valence-corrected chi connectivity index (χ3v) is 6.90. The highest BCUT2D eigenvalue weighted by Gasteiger charge is 2.80. The van der Waals surface area contributed by atoms with Gasteiger partial charge in [0.1, 0.15) is 5.82 Å². The van der Waals surface area contributed by atoms with Crippen molar-refractivity contribution in [1.29, 1.82) is 0 Å². The van der Waals surface area contributed by atoms with Crippen LogP contribution in [0.15, 0.2) is 35.4 Å². The van der Waals surface area contributed by atoms with Crippen LogP contribution in [0.2, 0.25) is 0 Å². The highest BCUT2D eigenvalue weighted by Crippen LogP contribution is 2.62. The van der Waals surface area contributed by atoms with Gasteiger partial charge in [0.25, 0.3) is 5.91 Å². The second kappa shape index (κ2) is 7.78. The molecule has 4 nitrogen and oxygen atoms in total. The van der Waals surface area contributed by atoms with Crippen molar-refractivity contribution in [2.24, 2.45) is 11.8 Å². The molecular weight excluding hydrogens is 475 g/mol. The summed E-state index contributed by atoms with van der Waals surface area (Å²) >= 11 is 1.38. The number of hydrogen-bond donors (Lipinski definition) is 1. The highest BCUT2D eigenvalue weighted by molar-refractivity contribution is 7.98. The molecule has 2 heterocycles. The molecule has 1 N–H and O–H groups in total. The van der Waals surface area contributed by atoms with E-state index in [-0.39, 0.29) is 5.82 Å². The van der Waals surface area contributed by atoms with E-state index in [9.17, 15) is 35.5 Å². The van der Waals surface area contributed by atoms with Gasteiger partial charge in [-0.1, -0.05) is 6.07 Å². The molecule has 1 saturated heterocycles. The van der Waals surface area contributed by atoms with Crippen LogP contribution in [0.3, 0.4) is 0 Å². The molecule has 2 unspecified atom stereocenters. The SMILES string of the molecule is CSc1cccc(NC(=O)c2c(N3CC4C(C3)C(F)(F)C4(F)F)ncc(C(F)(F)F)c2C)c1. The second-order valence-corrected chi connectivity index (χ2v) is 8.92. The highest BCUT2D eigenvalue weighted by atomic mass is 32.2. The summed E-state index contributed by atoms with van der Waals surface area (Å²) in [5.41, 5.74) is -1.84. The molecule has 12 heteroatoms. The number of carbonyl (C=O) groups is 1. The first-order chi connectivity index (χ1) is 15.3. The molecule has 0 spiro atoms. The molecule has 2 fully saturated rings. The number of aromatic nitrogens is 1. The molecule has 1 aromatic heterocycles. The Morgan fingerprint density at radius 3 is 2.30 bits per heavy atom. The van der Waals surface area contributed by atoms with Gasteiger partial charge in [0, 0.05) is 29.9 Å². The fraction of sp³-hybridized carbons (Fsp3) is 0.429. The van der Waals surface area contributed by atoms with Gasteiger partial charge >= 0.3 is 18.0 Å². The van der Waals surface area contributed by atoms with Crippen LogP contribution in [0, 0.1) is 18.8 Å². The van der Waals surface area contributed by atoms with Crippen molar-refractivity contribution in [3.8, 4) is 0 Å². The summed E-state index contributed by atoms with van der Waals surface area (Å²) in [5.74, 6) is -13.1. The van der Waals surface area contributed by atoms with Crippen LogP contribution in [0.25, 0.3) is 0 Å². The Morgan fingerprint density at radius 1 is 1.15 bits per heavy atom. The Hall–Kier alpha value is -2.50. The molecule has 0 radical (unpaired) electrons. The van der Waals surface area contributed by atoms with Crippen molar-refractivity contribution >= 4 is 29.2 Å². The Balaban J connectivity index is 1.74. The minimum Gasteiger partial charge on any atom is -0.355 e. The van der Waals surface area contributed by atoms with Crippen molar-refractivity contribution < 1.29 is 35.5 Å². The number of thioether (sulfide) groups is 1. The van der Waals surface area contributed by atoms with E-state index in [1.54, 1.807) is 24.5 Å². The molecule has 4 rings (SSSR count). The minimum atomic E-state index is -4.83. The van der Waals surface area contributed by atoms with Crippen LogP contribution >= 0.6 is 11.8 Å². The van der Waals surface area contributed by atoms with Gasteiger partial charge in [0.05, 0.1) is 23.0 Å². The number of halogens is 7. The number of pyridine rings is 1. The number of fused-ring (bicyclic) bond motifs is 1. The van der Waals surface area contributed by atoms with Crippen molar-refractivity contribution in [3.05, 3.63) is 47.2 Å². The molecule has 1 aromatic carbocycles. The van der Waals surface area contributed by atoms with E-state index in [1.807, 2.05) is 0 Å². The van der Waals surface area contributed by atoms with Gasteiger partial charge in [-0.05, 0) is 36.9 Å². The van der Waals surface area contributed by atoms with E-state index >= 15 is 0 Å². The largest absolute Gasteiger partial charge is 0.418 e. The molecule has 1 saturated carbocycles. The van der Waals surface area contributed by atoms with Crippen molar-refractivity contribution in [2.45, 2.75) is 29.8 Å². The Morgan fingerprint density at radius 2 is 1.76 bits per heavy atom. The maximum Gasteiger partial charge on any atom is 0.418 e. The summed E-state index contributed by atoms with van der Waals surface area (Å²) in [4.78, 5) is 18.6. The third kappa shape index (κ3) is 3.71. The van der Waals surface area contributed by atoms with E-state index < -0.39 is 65.5 Å². The van der Waals surface area contributed by atoms with Gasteiger partial charge < -0.3 is 10.2 Å². The Bertz CT molecular complexity index is 1080. The van der Waals surface area contributed by atoms with Gasteiger partial charge in [-0.3, -0.25) is 4.79 Å². The van der Waals surface area contributed by atoms with E-state index in [0.717, 1.165) is 16.7 Å². The van der Waals surface area contributed by atoms with Crippen LogP contribution < -0.4 is 10.2 Å². The molecular formula is C21H18F7N3OS. The monoisotopic (exact) mass is 493 g/mol. The fourth-order valence-corrected chi connectivity index (χ4v) is 4.85. The third-order valence-electron chi connectivity index (χ3n) is 6.17. The van der Waals surface area contributed by atoms with Gasteiger partial charge in [-0.15, -0.1) is 11.8 Å². The number of carbonyl (C=O) groups excluding carboxylic acids is 1. The number of amides is 1. The lowest BCUT2D eigenvalue weighted by atomic mass is 9.68. The fourth-order valence-electron chi connectivity index (χ4n) is 4.39. The Labute approximate surface area is 188 Å². The molecule has 2 aromatic rings. The predicted molar refractivity (Wildman–Crippen MR) is 109 cm³/mol. The van der Waals surface area contributed by atoms with Crippen LogP contribution in [0.1, 0.15) is 21.5 Å². The molecule has 1 amide bonds. The lowest BCUT2D eigenvalue weighted by Crippen LogP contribution is -2.65. The smallest absolute Gasteiger partial charge is 0.355 e. The number of nitrogens with one attached hydrogen (secondary N) is 1. The number of nitrogens with zero attached hydrogens (tertiary/aromatic N) is 2. The van der Waals surface area contributed by atoms with Crippen LogP contribution in [0.4, 0.5) is 42.2 Å². The zero-order valence-corrected chi connectivity index (χ0v) is 18.1. The summed E-state index contributed by atoms with van der Waals surface area (Å²) in [5, 5.41) is 2.50. The number of rotatable bonds is 4. The maximum atomic E-state index is 13.9. The lowest BCUT2D eigenvalue weighted by molar-refractivity contribution is -0.339. The summed E-state index contributed by atoms with van der Waals surface area (Å²) in [6.45, 7) is -0.0320. The number of anilines is 2. The van der Waals surface area contributed by atoms with Gasteiger partial charge in [-0.25, -0.2) is 4.98 Å². The van der Waals surface area contributed by atoms with Crippen LogP contribution in [-0.2, 0) is 6.18 Å². The van der Waals surface area contributed by atoms with Crippen molar-refractivity contribution in [1.82, 2.24) is 4.98 Å². The van der Waals surface area contributed by atoms with E-state index in [4.69, 9.17) is 0 Å².